The van der Waals surface area contributed by atoms with Crippen LogP contribution in [0.5, 0.6) is 0 Å². The van der Waals surface area contributed by atoms with Crippen molar-refractivity contribution < 1.29 is 5.11 Å². The topological polar surface area (TPSA) is 50.1 Å². The van der Waals surface area contributed by atoms with Crippen molar-refractivity contribution in [2.24, 2.45) is 0 Å². The molecule has 5 heteroatoms. The Balaban J connectivity index is 1.79. The molecule has 1 aromatic heterocycles. The molecule has 0 aliphatic rings. The van der Waals surface area contributed by atoms with Gasteiger partial charge in [0.15, 0.2) is 0 Å². The van der Waals surface area contributed by atoms with E-state index in [2.05, 4.69) is 17.3 Å². The van der Waals surface area contributed by atoms with Crippen LogP contribution in [0, 0.1) is 0 Å². The first-order chi connectivity index (χ1) is 9.15. The lowest BCUT2D eigenvalue weighted by molar-refractivity contribution is 0.169. The number of benzene rings is 1. The second-order valence-electron chi connectivity index (χ2n) is 4.60. The zero-order valence-electron chi connectivity index (χ0n) is 10.8. The van der Waals surface area contributed by atoms with Gasteiger partial charge < -0.3 is 10.4 Å². The molecule has 1 heterocycles. The highest BCUT2D eigenvalue weighted by Gasteiger charge is 2.09. The SMILES string of the molecule is CC(Cn1cccn1)NCC(O)c1ccc(Cl)cc1. The van der Waals surface area contributed by atoms with E-state index < -0.39 is 6.10 Å². The molecule has 0 fully saturated rings. The molecular formula is C14H18ClN3O. The predicted octanol–water partition coefficient (Wildman–Crippen LogP) is 2.25. The highest BCUT2D eigenvalue weighted by atomic mass is 35.5. The van der Waals surface area contributed by atoms with E-state index in [1.54, 1.807) is 18.3 Å². The summed E-state index contributed by atoms with van der Waals surface area (Å²) in [6.45, 7) is 3.35. The van der Waals surface area contributed by atoms with Gasteiger partial charge in [-0.05, 0) is 30.7 Å². The fourth-order valence-electron chi connectivity index (χ4n) is 1.87. The molecule has 0 amide bonds. The van der Waals surface area contributed by atoms with Gasteiger partial charge in [0.25, 0.3) is 0 Å². The number of aromatic nitrogens is 2. The molecule has 0 aliphatic heterocycles. The minimum Gasteiger partial charge on any atom is -0.387 e. The molecule has 0 radical (unpaired) electrons. The predicted molar refractivity (Wildman–Crippen MR) is 76.1 cm³/mol. The third-order valence-electron chi connectivity index (χ3n) is 2.93. The maximum atomic E-state index is 10.1. The molecule has 19 heavy (non-hydrogen) atoms. The summed E-state index contributed by atoms with van der Waals surface area (Å²) in [7, 11) is 0. The number of hydrogen-bond acceptors (Lipinski definition) is 3. The van der Waals surface area contributed by atoms with E-state index in [1.165, 1.54) is 0 Å². The lowest BCUT2D eigenvalue weighted by Gasteiger charge is -2.17. The third kappa shape index (κ3) is 4.35. The van der Waals surface area contributed by atoms with Crippen LogP contribution in [-0.2, 0) is 6.54 Å². The Morgan fingerprint density at radius 1 is 1.37 bits per heavy atom. The number of halogens is 1. The molecule has 0 aliphatic carbocycles. The summed E-state index contributed by atoms with van der Waals surface area (Å²) >= 11 is 5.82. The molecule has 2 atom stereocenters. The van der Waals surface area contributed by atoms with Crippen LogP contribution < -0.4 is 5.32 Å². The zero-order valence-corrected chi connectivity index (χ0v) is 11.6. The van der Waals surface area contributed by atoms with E-state index in [4.69, 9.17) is 11.6 Å². The molecule has 2 N–H and O–H groups in total. The number of hydrogen-bond donors (Lipinski definition) is 2. The van der Waals surface area contributed by atoms with Gasteiger partial charge >= 0.3 is 0 Å². The van der Waals surface area contributed by atoms with Gasteiger partial charge in [-0.2, -0.15) is 5.10 Å². The standard InChI is InChI=1S/C14H18ClN3O/c1-11(10-18-8-2-7-17-18)16-9-14(19)12-3-5-13(15)6-4-12/h2-8,11,14,16,19H,9-10H2,1H3. The smallest absolute Gasteiger partial charge is 0.0914 e. The van der Waals surface area contributed by atoms with Crippen LogP contribution in [0.25, 0.3) is 0 Å². The van der Waals surface area contributed by atoms with Crippen LogP contribution in [0.4, 0.5) is 0 Å². The second kappa shape index (κ2) is 6.70. The number of nitrogens with zero attached hydrogens (tertiary/aromatic N) is 2. The molecule has 4 nitrogen and oxygen atoms in total. The Kier molecular flexibility index (Phi) is 4.96. The number of aliphatic hydroxyl groups excluding tert-OH is 1. The van der Waals surface area contributed by atoms with Crippen LogP contribution in [0.2, 0.25) is 5.02 Å². The average Bonchev–Trinajstić information content (AvgIpc) is 2.89. The molecule has 2 unspecified atom stereocenters. The molecule has 102 valence electrons. The second-order valence-corrected chi connectivity index (χ2v) is 5.04. The summed E-state index contributed by atoms with van der Waals surface area (Å²) in [5.41, 5.74) is 0.864. The summed E-state index contributed by atoms with van der Waals surface area (Å²) in [6, 6.07) is 9.39. The summed E-state index contributed by atoms with van der Waals surface area (Å²) in [5, 5.41) is 18.2. The number of rotatable bonds is 6. The Labute approximate surface area is 118 Å². The normalized spacial score (nSPS) is 14.3. The molecule has 2 rings (SSSR count). The highest BCUT2D eigenvalue weighted by Crippen LogP contribution is 2.15. The first-order valence-electron chi connectivity index (χ1n) is 6.29. The Morgan fingerprint density at radius 3 is 2.74 bits per heavy atom. The molecule has 2 aromatic rings. The monoisotopic (exact) mass is 279 g/mol. The Bertz CT molecular complexity index is 484. The first-order valence-corrected chi connectivity index (χ1v) is 6.67. The van der Waals surface area contributed by atoms with Crippen molar-refractivity contribution in [1.29, 1.82) is 0 Å². The van der Waals surface area contributed by atoms with Crippen LogP contribution in [-0.4, -0.2) is 27.5 Å². The van der Waals surface area contributed by atoms with Crippen LogP contribution in [0.3, 0.4) is 0 Å². The van der Waals surface area contributed by atoms with Crippen molar-refractivity contribution >= 4 is 11.6 Å². The van der Waals surface area contributed by atoms with Gasteiger partial charge in [0, 0.05) is 30.0 Å². The van der Waals surface area contributed by atoms with Gasteiger partial charge in [0.2, 0.25) is 0 Å². The van der Waals surface area contributed by atoms with Crippen molar-refractivity contribution in [2.45, 2.75) is 25.6 Å². The van der Waals surface area contributed by atoms with Crippen LogP contribution in [0.15, 0.2) is 42.7 Å². The van der Waals surface area contributed by atoms with Crippen molar-refractivity contribution in [3.8, 4) is 0 Å². The molecule has 0 spiro atoms. The quantitative estimate of drug-likeness (QED) is 0.853. The molecule has 0 bridgehead atoms. The maximum Gasteiger partial charge on any atom is 0.0914 e. The van der Waals surface area contributed by atoms with Crippen molar-refractivity contribution in [2.75, 3.05) is 6.54 Å². The summed E-state index contributed by atoms with van der Waals surface area (Å²) in [4.78, 5) is 0. The van der Waals surface area contributed by atoms with E-state index >= 15 is 0 Å². The van der Waals surface area contributed by atoms with Crippen LogP contribution >= 0.6 is 11.6 Å². The van der Waals surface area contributed by atoms with Gasteiger partial charge in [-0.15, -0.1) is 0 Å². The average molecular weight is 280 g/mol. The molecule has 0 saturated carbocycles. The van der Waals surface area contributed by atoms with E-state index in [0.717, 1.165) is 12.1 Å². The van der Waals surface area contributed by atoms with Gasteiger partial charge in [-0.1, -0.05) is 23.7 Å². The minimum absolute atomic E-state index is 0.238. The lowest BCUT2D eigenvalue weighted by atomic mass is 10.1. The van der Waals surface area contributed by atoms with Gasteiger partial charge in [-0.3, -0.25) is 4.68 Å². The summed E-state index contributed by atoms with van der Waals surface area (Å²) in [6.07, 6.45) is 3.15. The first kappa shape index (κ1) is 14.1. The minimum atomic E-state index is -0.530. The summed E-state index contributed by atoms with van der Waals surface area (Å²) in [5.74, 6) is 0. The summed E-state index contributed by atoms with van der Waals surface area (Å²) < 4.78 is 1.87. The van der Waals surface area contributed by atoms with Crippen molar-refractivity contribution in [3.63, 3.8) is 0 Å². The van der Waals surface area contributed by atoms with Gasteiger partial charge in [0.05, 0.1) is 12.6 Å². The molecular weight excluding hydrogens is 262 g/mol. The fraction of sp³-hybridized carbons (Fsp3) is 0.357. The molecule has 0 saturated heterocycles. The lowest BCUT2D eigenvalue weighted by Crippen LogP contribution is -2.33. The van der Waals surface area contributed by atoms with E-state index in [-0.39, 0.29) is 6.04 Å². The Hall–Kier alpha value is -1.36. The number of nitrogens with one attached hydrogen (secondary N) is 1. The largest absolute Gasteiger partial charge is 0.387 e. The zero-order chi connectivity index (χ0) is 13.7. The van der Waals surface area contributed by atoms with E-state index in [9.17, 15) is 5.11 Å². The van der Waals surface area contributed by atoms with E-state index in [0.29, 0.717) is 11.6 Å². The number of aliphatic hydroxyl groups is 1. The van der Waals surface area contributed by atoms with Crippen molar-refractivity contribution in [1.82, 2.24) is 15.1 Å². The van der Waals surface area contributed by atoms with Crippen molar-refractivity contribution in [3.05, 3.63) is 53.3 Å². The van der Waals surface area contributed by atoms with Gasteiger partial charge in [0.1, 0.15) is 0 Å². The van der Waals surface area contributed by atoms with Gasteiger partial charge in [-0.25, -0.2) is 0 Å². The third-order valence-corrected chi connectivity index (χ3v) is 3.19. The fourth-order valence-corrected chi connectivity index (χ4v) is 2.00. The maximum absolute atomic E-state index is 10.1. The van der Waals surface area contributed by atoms with Crippen LogP contribution in [0.1, 0.15) is 18.6 Å². The highest BCUT2D eigenvalue weighted by molar-refractivity contribution is 6.30. The Morgan fingerprint density at radius 2 is 2.11 bits per heavy atom. The van der Waals surface area contributed by atoms with E-state index in [1.807, 2.05) is 29.1 Å². The molecule has 1 aromatic carbocycles.